The number of nitrogens with one attached hydrogen (secondary N) is 3. The van der Waals surface area contributed by atoms with Gasteiger partial charge in [0.05, 0.1) is 6.04 Å². The van der Waals surface area contributed by atoms with E-state index in [4.69, 9.17) is 21.1 Å². The Kier molecular flexibility index (Phi) is 6.23. The van der Waals surface area contributed by atoms with Gasteiger partial charge < -0.3 is 24.6 Å². The number of hydrogen-bond donors (Lipinski definition) is 3. The van der Waals surface area contributed by atoms with Crippen molar-refractivity contribution in [3.63, 3.8) is 0 Å². The first-order valence-electron chi connectivity index (χ1n) is 10.2. The summed E-state index contributed by atoms with van der Waals surface area (Å²) < 4.78 is 10.9. The van der Waals surface area contributed by atoms with Crippen molar-refractivity contribution in [2.45, 2.75) is 19.5 Å². The molecule has 1 fully saturated rings. The molecule has 0 saturated carbocycles. The van der Waals surface area contributed by atoms with E-state index < -0.39 is 0 Å². The Bertz CT molecular complexity index is 868. The molecule has 0 spiro atoms. The minimum absolute atomic E-state index is 0.0430. The third-order valence-electron chi connectivity index (χ3n) is 5.69. The summed E-state index contributed by atoms with van der Waals surface area (Å²) in [6.07, 6.45) is 0. The molecule has 1 amide bonds. The van der Waals surface area contributed by atoms with Crippen LogP contribution in [0.3, 0.4) is 0 Å². The van der Waals surface area contributed by atoms with Crippen molar-refractivity contribution in [3.05, 3.63) is 58.6 Å². The maximum atomic E-state index is 12.5. The molecule has 2 aliphatic heterocycles. The normalized spacial score (nSPS) is 21.6. The molecule has 2 aromatic rings. The first-order valence-corrected chi connectivity index (χ1v) is 10.5. The van der Waals surface area contributed by atoms with Crippen LogP contribution in [0.2, 0.25) is 5.02 Å². The average Bonchev–Trinajstić information content (AvgIpc) is 3.17. The number of hydrogen-bond acceptors (Lipinski definition) is 3. The van der Waals surface area contributed by atoms with Crippen LogP contribution in [-0.4, -0.2) is 45.4 Å². The van der Waals surface area contributed by atoms with E-state index >= 15 is 0 Å². The van der Waals surface area contributed by atoms with E-state index in [-0.39, 0.29) is 11.9 Å². The number of carbonyl (C=O) groups excluding carboxylic acids is 1. The summed E-state index contributed by atoms with van der Waals surface area (Å²) in [4.78, 5) is 15.3. The summed E-state index contributed by atoms with van der Waals surface area (Å²) in [6, 6.07) is 13.8. The predicted molar refractivity (Wildman–Crippen MR) is 111 cm³/mol. The SMILES string of the molecule is C[C@@H](NC(=O)C[NH+]1CC[NH+](Cc2ccc3c(c2)OCO3)CC1)c1cccc(Cl)c1. The van der Waals surface area contributed by atoms with Gasteiger partial charge in [-0.2, -0.15) is 0 Å². The van der Waals surface area contributed by atoms with Crippen molar-refractivity contribution in [2.24, 2.45) is 0 Å². The van der Waals surface area contributed by atoms with E-state index in [0.717, 1.165) is 49.8 Å². The van der Waals surface area contributed by atoms with Gasteiger partial charge in [-0.15, -0.1) is 0 Å². The van der Waals surface area contributed by atoms with Crippen LogP contribution in [0.5, 0.6) is 11.5 Å². The molecule has 6 nitrogen and oxygen atoms in total. The Hall–Kier alpha value is -2.28. The van der Waals surface area contributed by atoms with Crippen molar-refractivity contribution in [3.8, 4) is 11.5 Å². The van der Waals surface area contributed by atoms with Crippen LogP contribution in [0.4, 0.5) is 0 Å². The highest BCUT2D eigenvalue weighted by molar-refractivity contribution is 6.30. The number of quaternary nitrogens is 2. The molecule has 0 aliphatic carbocycles. The number of halogens is 1. The van der Waals surface area contributed by atoms with Gasteiger partial charge in [-0.1, -0.05) is 23.7 Å². The van der Waals surface area contributed by atoms with Crippen LogP contribution in [0.1, 0.15) is 24.1 Å². The third kappa shape index (κ3) is 5.21. The second kappa shape index (κ2) is 9.03. The second-order valence-corrected chi connectivity index (χ2v) is 8.32. The largest absolute Gasteiger partial charge is 0.454 e. The molecule has 2 aromatic carbocycles. The Morgan fingerprint density at radius 3 is 2.62 bits per heavy atom. The van der Waals surface area contributed by atoms with Gasteiger partial charge in [0.15, 0.2) is 18.0 Å². The van der Waals surface area contributed by atoms with Crippen molar-refractivity contribution in [1.82, 2.24) is 5.32 Å². The second-order valence-electron chi connectivity index (χ2n) is 7.89. The van der Waals surface area contributed by atoms with E-state index in [1.165, 1.54) is 10.5 Å². The molecular weight excluding hydrogens is 390 g/mol. The van der Waals surface area contributed by atoms with Crippen LogP contribution in [-0.2, 0) is 11.3 Å². The number of benzene rings is 2. The fraction of sp³-hybridized carbons (Fsp3) is 0.409. The molecule has 0 unspecified atom stereocenters. The molecule has 154 valence electrons. The number of piperazine rings is 1. The maximum absolute atomic E-state index is 12.5. The number of fused-ring (bicyclic) bond motifs is 1. The summed E-state index contributed by atoms with van der Waals surface area (Å²) in [5.41, 5.74) is 2.29. The van der Waals surface area contributed by atoms with Crippen molar-refractivity contribution < 1.29 is 24.1 Å². The maximum Gasteiger partial charge on any atom is 0.275 e. The zero-order chi connectivity index (χ0) is 20.2. The Labute approximate surface area is 176 Å². The highest BCUT2D eigenvalue weighted by Gasteiger charge is 2.26. The summed E-state index contributed by atoms with van der Waals surface area (Å²) in [5, 5.41) is 3.79. The minimum atomic E-state index is -0.0430. The van der Waals surface area contributed by atoms with Gasteiger partial charge in [-0.25, -0.2) is 0 Å². The van der Waals surface area contributed by atoms with Crippen LogP contribution in [0.15, 0.2) is 42.5 Å². The Morgan fingerprint density at radius 2 is 1.83 bits per heavy atom. The summed E-state index contributed by atoms with van der Waals surface area (Å²) in [7, 11) is 0. The van der Waals surface area contributed by atoms with Gasteiger partial charge >= 0.3 is 0 Å². The van der Waals surface area contributed by atoms with Crippen molar-refractivity contribution in [1.29, 1.82) is 0 Å². The number of rotatable bonds is 6. The van der Waals surface area contributed by atoms with Gasteiger partial charge in [0.2, 0.25) is 6.79 Å². The lowest BCUT2D eigenvalue weighted by molar-refractivity contribution is -1.02. The highest BCUT2D eigenvalue weighted by atomic mass is 35.5. The lowest BCUT2D eigenvalue weighted by atomic mass is 10.1. The van der Waals surface area contributed by atoms with Gasteiger partial charge in [0, 0.05) is 10.6 Å². The summed E-state index contributed by atoms with van der Waals surface area (Å²) in [6.45, 7) is 7.90. The van der Waals surface area contributed by atoms with E-state index in [1.807, 2.05) is 37.3 Å². The molecule has 1 atom stereocenters. The quantitative estimate of drug-likeness (QED) is 0.630. The van der Waals surface area contributed by atoms with Crippen LogP contribution in [0, 0.1) is 0 Å². The summed E-state index contributed by atoms with van der Waals surface area (Å²) >= 11 is 6.05. The molecule has 0 bridgehead atoms. The molecule has 7 heteroatoms. The zero-order valence-corrected chi connectivity index (χ0v) is 17.4. The van der Waals surface area contributed by atoms with Gasteiger partial charge in [-0.05, 0) is 42.8 Å². The number of amides is 1. The molecule has 29 heavy (non-hydrogen) atoms. The van der Waals surface area contributed by atoms with E-state index in [0.29, 0.717) is 18.4 Å². The monoisotopic (exact) mass is 417 g/mol. The summed E-state index contributed by atoms with van der Waals surface area (Å²) in [5.74, 6) is 1.76. The Morgan fingerprint density at radius 1 is 1.07 bits per heavy atom. The van der Waals surface area contributed by atoms with E-state index in [9.17, 15) is 4.79 Å². The van der Waals surface area contributed by atoms with Gasteiger partial charge in [0.25, 0.3) is 5.91 Å². The molecule has 2 aliphatic rings. The first-order chi connectivity index (χ1) is 14.1. The molecule has 2 heterocycles. The van der Waals surface area contributed by atoms with Crippen LogP contribution >= 0.6 is 11.6 Å². The molecule has 3 N–H and O–H groups in total. The fourth-order valence-corrected chi connectivity index (χ4v) is 4.23. The highest BCUT2D eigenvalue weighted by Crippen LogP contribution is 2.32. The molecular formula is C22H28ClN3O3+2. The number of carbonyl (C=O) groups is 1. The zero-order valence-electron chi connectivity index (χ0n) is 16.7. The van der Waals surface area contributed by atoms with E-state index in [2.05, 4.69) is 17.4 Å². The average molecular weight is 418 g/mol. The van der Waals surface area contributed by atoms with Gasteiger partial charge in [-0.3, -0.25) is 4.79 Å². The fourth-order valence-electron chi connectivity index (χ4n) is 4.03. The van der Waals surface area contributed by atoms with Crippen LogP contribution in [0.25, 0.3) is 0 Å². The lowest BCUT2D eigenvalue weighted by Gasteiger charge is -2.29. The Balaban J connectivity index is 1.22. The van der Waals surface area contributed by atoms with Gasteiger partial charge in [0.1, 0.15) is 32.7 Å². The van der Waals surface area contributed by atoms with Crippen molar-refractivity contribution in [2.75, 3.05) is 39.5 Å². The number of ether oxygens (including phenoxy) is 2. The first kappa shape index (κ1) is 20.0. The molecule has 4 rings (SSSR count). The smallest absolute Gasteiger partial charge is 0.275 e. The molecule has 0 radical (unpaired) electrons. The standard InChI is InChI=1S/C22H26ClN3O3/c1-16(18-3-2-4-19(23)12-18)24-22(27)14-26-9-7-25(8-10-26)13-17-5-6-20-21(11-17)29-15-28-20/h2-6,11-12,16H,7-10,13-15H2,1H3,(H,24,27)/p+2/t16-/m1/s1. The minimum Gasteiger partial charge on any atom is -0.454 e. The lowest BCUT2D eigenvalue weighted by Crippen LogP contribution is -3.28. The third-order valence-corrected chi connectivity index (χ3v) is 5.93. The molecule has 0 aromatic heterocycles. The molecule has 1 saturated heterocycles. The topological polar surface area (TPSA) is 56.4 Å². The van der Waals surface area contributed by atoms with Crippen LogP contribution < -0.4 is 24.6 Å². The predicted octanol–water partition coefficient (Wildman–Crippen LogP) is 0.230. The van der Waals surface area contributed by atoms with Crippen molar-refractivity contribution >= 4 is 17.5 Å². The van der Waals surface area contributed by atoms with E-state index in [1.54, 1.807) is 4.90 Å².